The molecule has 1 aromatic carbocycles. The SMILES string of the molecule is CC1(C)CCCCC1NCC(F)(F)c1ccccc1. The highest BCUT2D eigenvalue weighted by Crippen LogP contribution is 2.36. The first-order valence-electron chi connectivity index (χ1n) is 7.08. The summed E-state index contributed by atoms with van der Waals surface area (Å²) >= 11 is 0. The quantitative estimate of drug-likeness (QED) is 0.856. The number of halogens is 2. The third-order valence-electron chi connectivity index (χ3n) is 4.27. The fourth-order valence-corrected chi connectivity index (χ4v) is 2.91. The fraction of sp³-hybridized carbons (Fsp3) is 0.625. The van der Waals surface area contributed by atoms with Crippen molar-refractivity contribution in [1.29, 1.82) is 0 Å². The molecule has 0 heterocycles. The van der Waals surface area contributed by atoms with Gasteiger partial charge in [-0.25, -0.2) is 0 Å². The van der Waals surface area contributed by atoms with Gasteiger partial charge in [-0.2, -0.15) is 8.78 Å². The first-order valence-corrected chi connectivity index (χ1v) is 7.08. The molecular weight excluding hydrogens is 244 g/mol. The van der Waals surface area contributed by atoms with Gasteiger partial charge in [0.15, 0.2) is 0 Å². The number of hydrogen-bond acceptors (Lipinski definition) is 1. The Morgan fingerprint density at radius 2 is 1.89 bits per heavy atom. The van der Waals surface area contributed by atoms with Gasteiger partial charge in [-0.05, 0) is 18.3 Å². The molecule has 1 aliphatic carbocycles. The number of benzene rings is 1. The van der Waals surface area contributed by atoms with Gasteiger partial charge in [-0.15, -0.1) is 0 Å². The van der Waals surface area contributed by atoms with Crippen molar-refractivity contribution in [3.63, 3.8) is 0 Å². The van der Waals surface area contributed by atoms with E-state index in [-0.39, 0.29) is 23.6 Å². The first kappa shape index (κ1) is 14.4. The Hall–Kier alpha value is -0.960. The molecule has 0 bridgehead atoms. The number of hydrogen-bond donors (Lipinski definition) is 1. The van der Waals surface area contributed by atoms with Gasteiger partial charge in [0.25, 0.3) is 5.92 Å². The third kappa shape index (κ3) is 3.53. The normalized spacial score (nSPS) is 23.3. The number of nitrogens with one attached hydrogen (secondary N) is 1. The summed E-state index contributed by atoms with van der Waals surface area (Å²) in [4.78, 5) is 0. The molecule has 0 radical (unpaired) electrons. The second kappa shape index (κ2) is 5.58. The van der Waals surface area contributed by atoms with Crippen molar-refractivity contribution < 1.29 is 8.78 Å². The minimum atomic E-state index is -2.80. The second-order valence-corrected chi connectivity index (χ2v) is 6.24. The molecule has 1 fully saturated rings. The summed E-state index contributed by atoms with van der Waals surface area (Å²) in [5.74, 6) is -2.80. The molecule has 0 saturated heterocycles. The Morgan fingerprint density at radius 3 is 2.53 bits per heavy atom. The highest BCUT2D eigenvalue weighted by Gasteiger charge is 2.36. The van der Waals surface area contributed by atoms with E-state index in [4.69, 9.17) is 0 Å². The molecule has 1 saturated carbocycles. The lowest BCUT2D eigenvalue weighted by Gasteiger charge is -2.40. The Labute approximate surface area is 114 Å². The van der Waals surface area contributed by atoms with Crippen LogP contribution in [0.15, 0.2) is 30.3 Å². The van der Waals surface area contributed by atoms with Crippen molar-refractivity contribution in [3.8, 4) is 0 Å². The average molecular weight is 267 g/mol. The molecule has 1 N–H and O–H groups in total. The van der Waals surface area contributed by atoms with Crippen LogP contribution < -0.4 is 5.32 Å². The van der Waals surface area contributed by atoms with Gasteiger partial charge in [-0.1, -0.05) is 57.0 Å². The van der Waals surface area contributed by atoms with Crippen LogP contribution in [0.3, 0.4) is 0 Å². The molecule has 0 amide bonds. The molecule has 0 aliphatic heterocycles. The van der Waals surface area contributed by atoms with E-state index in [1.54, 1.807) is 18.2 Å². The van der Waals surface area contributed by atoms with Crippen molar-refractivity contribution >= 4 is 0 Å². The highest BCUT2D eigenvalue weighted by molar-refractivity contribution is 5.20. The first-order chi connectivity index (χ1) is 8.92. The predicted molar refractivity (Wildman–Crippen MR) is 74.4 cm³/mol. The summed E-state index contributed by atoms with van der Waals surface area (Å²) in [5, 5.41) is 3.10. The summed E-state index contributed by atoms with van der Waals surface area (Å²) in [6, 6.07) is 8.26. The summed E-state index contributed by atoms with van der Waals surface area (Å²) in [6.45, 7) is 4.07. The van der Waals surface area contributed by atoms with Gasteiger partial charge in [0.1, 0.15) is 0 Å². The number of alkyl halides is 2. The van der Waals surface area contributed by atoms with Gasteiger partial charge in [0, 0.05) is 11.6 Å². The van der Waals surface area contributed by atoms with Gasteiger partial charge in [0.05, 0.1) is 6.54 Å². The average Bonchev–Trinajstić information content (AvgIpc) is 2.38. The topological polar surface area (TPSA) is 12.0 Å². The molecule has 3 heteroatoms. The van der Waals surface area contributed by atoms with E-state index in [0.717, 1.165) is 19.3 Å². The molecule has 19 heavy (non-hydrogen) atoms. The molecule has 1 nitrogen and oxygen atoms in total. The third-order valence-corrected chi connectivity index (χ3v) is 4.27. The van der Waals surface area contributed by atoms with Crippen LogP contribution in [0.4, 0.5) is 8.78 Å². The van der Waals surface area contributed by atoms with Crippen LogP contribution in [0.5, 0.6) is 0 Å². The van der Waals surface area contributed by atoms with Crippen LogP contribution in [-0.2, 0) is 5.92 Å². The lowest BCUT2D eigenvalue weighted by Crippen LogP contribution is -2.47. The lowest BCUT2D eigenvalue weighted by molar-refractivity contribution is -0.0125. The zero-order valence-corrected chi connectivity index (χ0v) is 11.8. The zero-order valence-electron chi connectivity index (χ0n) is 11.8. The van der Waals surface area contributed by atoms with E-state index in [9.17, 15) is 8.78 Å². The van der Waals surface area contributed by atoms with Gasteiger partial charge in [-0.3, -0.25) is 0 Å². The van der Waals surface area contributed by atoms with Crippen molar-refractivity contribution in [2.75, 3.05) is 6.54 Å². The van der Waals surface area contributed by atoms with Crippen LogP contribution in [-0.4, -0.2) is 12.6 Å². The van der Waals surface area contributed by atoms with Gasteiger partial charge in [0.2, 0.25) is 0 Å². The zero-order chi connectivity index (χ0) is 13.9. The number of rotatable bonds is 4. The Bertz CT molecular complexity index is 400. The lowest BCUT2D eigenvalue weighted by atomic mass is 9.73. The smallest absolute Gasteiger partial charge is 0.285 e. The summed E-state index contributed by atoms with van der Waals surface area (Å²) in [7, 11) is 0. The summed E-state index contributed by atoms with van der Waals surface area (Å²) in [6.07, 6.45) is 4.46. The molecule has 0 aromatic heterocycles. The van der Waals surface area contributed by atoms with E-state index >= 15 is 0 Å². The minimum absolute atomic E-state index is 0.0936. The van der Waals surface area contributed by atoms with Crippen LogP contribution in [0.25, 0.3) is 0 Å². The molecule has 1 atom stereocenters. The van der Waals surface area contributed by atoms with Crippen LogP contribution >= 0.6 is 0 Å². The largest absolute Gasteiger partial charge is 0.308 e. The van der Waals surface area contributed by atoms with E-state index in [1.807, 2.05) is 0 Å². The monoisotopic (exact) mass is 267 g/mol. The van der Waals surface area contributed by atoms with Gasteiger partial charge >= 0.3 is 0 Å². The maximum Gasteiger partial charge on any atom is 0.285 e. The summed E-state index contributed by atoms with van der Waals surface area (Å²) < 4.78 is 28.2. The van der Waals surface area contributed by atoms with E-state index in [1.165, 1.54) is 18.6 Å². The Kier molecular flexibility index (Phi) is 4.24. The maximum atomic E-state index is 14.1. The molecule has 1 aromatic rings. The highest BCUT2D eigenvalue weighted by atomic mass is 19.3. The molecule has 1 aliphatic rings. The second-order valence-electron chi connectivity index (χ2n) is 6.24. The summed E-state index contributed by atoms with van der Waals surface area (Å²) in [5.41, 5.74) is 0.210. The van der Waals surface area contributed by atoms with E-state index in [0.29, 0.717) is 0 Å². The van der Waals surface area contributed by atoms with Gasteiger partial charge < -0.3 is 5.32 Å². The van der Waals surface area contributed by atoms with Crippen molar-refractivity contribution in [3.05, 3.63) is 35.9 Å². The fourth-order valence-electron chi connectivity index (χ4n) is 2.91. The molecular formula is C16H23F2N. The Balaban J connectivity index is 1.98. The van der Waals surface area contributed by atoms with Crippen molar-refractivity contribution in [2.24, 2.45) is 5.41 Å². The van der Waals surface area contributed by atoms with Crippen LogP contribution in [0.2, 0.25) is 0 Å². The van der Waals surface area contributed by atoms with Crippen LogP contribution in [0.1, 0.15) is 45.1 Å². The van der Waals surface area contributed by atoms with Crippen LogP contribution in [0, 0.1) is 5.41 Å². The predicted octanol–water partition coefficient (Wildman–Crippen LogP) is 4.34. The molecule has 2 rings (SSSR count). The molecule has 0 spiro atoms. The Morgan fingerprint density at radius 1 is 1.21 bits per heavy atom. The van der Waals surface area contributed by atoms with Crippen molar-refractivity contribution in [1.82, 2.24) is 5.32 Å². The minimum Gasteiger partial charge on any atom is -0.308 e. The van der Waals surface area contributed by atoms with E-state index in [2.05, 4.69) is 19.2 Å². The maximum absolute atomic E-state index is 14.1. The standard InChI is InChI=1S/C16H23F2N/c1-15(2)11-7-6-10-14(15)19-12-16(17,18)13-8-4-3-5-9-13/h3-5,8-9,14,19H,6-7,10-12H2,1-2H3. The van der Waals surface area contributed by atoms with E-state index < -0.39 is 5.92 Å². The molecule has 1 unspecified atom stereocenters. The van der Waals surface area contributed by atoms with Crippen molar-refractivity contribution in [2.45, 2.75) is 51.5 Å². The molecule has 106 valence electrons.